The first-order valence-electron chi connectivity index (χ1n) is 7.87. The summed E-state index contributed by atoms with van der Waals surface area (Å²) in [5.41, 5.74) is 0.149. The molecule has 1 heterocycles. The molecule has 0 fully saturated rings. The molecule has 2 aromatic rings. The van der Waals surface area contributed by atoms with Gasteiger partial charge in [0.05, 0.1) is 33.3 Å². The number of H-pyrrole nitrogens is 1. The largest absolute Gasteiger partial charge is 0.348 e. The molecule has 0 spiro atoms. The van der Waals surface area contributed by atoms with Gasteiger partial charge in [0.1, 0.15) is 5.82 Å². The van der Waals surface area contributed by atoms with Crippen LogP contribution in [0.5, 0.6) is 0 Å². The average Bonchev–Trinajstić information content (AvgIpc) is 2.61. The SMILES string of the molecule is CC(=O)c1c(SCc2cc(F)cc(SF)c2)[nH]c2c(c1=O)=C(Cl)CCC=2Br. The Balaban J connectivity index is 2.11. The Bertz CT molecular complexity index is 1120. The van der Waals surface area contributed by atoms with Gasteiger partial charge in [0, 0.05) is 20.2 Å². The molecule has 1 aliphatic carbocycles. The third-order valence-corrected chi connectivity index (χ3v) is 6.69. The van der Waals surface area contributed by atoms with Crippen molar-refractivity contribution in [2.24, 2.45) is 0 Å². The van der Waals surface area contributed by atoms with E-state index in [4.69, 9.17) is 11.6 Å². The molecule has 1 aromatic heterocycles. The molecule has 0 bridgehead atoms. The smallest absolute Gasteiger partial charge is 0.202 e. The lowest BCUT2D eigenvalue weighted by Gasteiger charge is -2.13. The van der Waals surface area contributed by atoms with Gasteiger partial charge < -0.3 is 4.98 Å². The van der Waals surface area contributed by atoms with E-state index in [2.05, 4.69) is 20.9 Å². The van der Waals surface area contributed by atoms with E-state index in [1.807, 2.05) is 0 Å². The fourth-order valence-corrected chi connectivity index (χ4v) is 5.00. The fraction of sp³-hybridized carbons (Fsp3) is 0.222. The maximum Gasteiger partial charge on any atom is 0.202 e. The van der Waals surface area contributed by atoms with E-state index < -0.39 is 11.2 Å². The molecule has 3 nitrogen and oxygen atoms in total. The number of rotatable bonds is 5. The van der Waals surface area contributed by atoms with Crippen molar-refractivity contribution in [1.29, 1.82) is 0 Å². The van der Waals surface area contributed by atoms with Gasteiger partial charge in [-0.1, -0.05) is 27.5 Å². The van der Waals surface area contributed by atoms with Crippen LogP contribution in [-0.4, -0.2) is 10.8 Å². The van der Waals surface area contributed by atoms with E-state index in [-0.39, 0.29) is 34.1 Å². The second-order valence-corrected chi connectivity index (χ2v) is 8.96. The zero-order valence-electron chi connectivity index (χ0n) is 14.0. The second-order valence-electron chi connectivity index (χ2n) is 5.94. The molecule has 0 amide bonds. The standard InChI is InChI=1S/C18H13BrClF2NO2S2/c1-8(24)14-17(25)15-13(20)3-2-12(19)16(15)23-18(14)26-7-9-4-10(21)6-11(5-9)27-22/h4-6,23H,2-3,7H2,1H3. The number of Topliss-reactive ketones (excluding diaryl/α,β-unsaturated/α-hetero) is 1. The molecule has 0 aliphatic heterocycles. The van der Waals surface area contributed by atoms with Gasteiger partial charge in [-0.2, -0.15) is 3.89 Å². The zero-order chi connectivity index (χ0) is 19.7. The summed E-state index contributed by atoms with van der Waals surface area (Å²) in [6.45, 7) is 1.32. The van der Waals surface area contributed by atoms with Crippen molar-refractivity contribution >= 4 is 66.7 Å². The number of ketones is 1. The molecule has 0 atom stereocenters. The summed E-state index contributed by atoms with van der Waals surface area (Å²) >= 11 is 10.8. The van der Waals surface area contributed by atoms with Gasteiger partial charge in [-0.25, -0.2) is 4.39 Å². The van der Waals surface area contributed by atoms with Gasteiger partial charge in [-0.15, -0.1) is 11.8 Å². The number of aromatic amines is 1. The topological polar surface area (TPSA) is 49.9 Å². The number of nitrogens with one attached hydrogen (secondary N) is 1. The van der Waals surface area contributed by atoms with Crippen LogP contribution in [0, 0.1) is 5.82 Å². The predicted molar refractivity (Wildman–Crippen MR) is 110 cm³/mol. The normalized spacial score (nSPS) is 13.7. The summed E-state index contributed by atoms with van der Waals surface area (Å²) < 4.78 is 27.2. The van der Waals surface area contributed by atoms with Crippen LogP contribution in [0.25, 0.3) is 9.51 Å². The molecule has 9 heteroatoms. The molecule has 0 radical (unpaired) electrons. The lowest BCUT2D eigenvalue weighted by atomic mass is 10.1. The van der Waals surface area contributed by atoms with Crippen LogP contribution in [0.2, 0.25) is 0 Å². The van der Waals surface area contributed by atoms with E-state index in [1.54, 1.807) is 0 Å². The summed E-state index contributed by atoms with van der Waals surface area (Å²) in [7, 11) is 0. The Morgan fingerprint density at radius 2 is 2.07 bits per heavy atom. The number of benzene rings is 1. The summed E-state index contributed by atoms with van der Waals surface area (Å²) in [5.74, 6) is -0.668. The summed E-state index contributed by atoms with van der Waals surface area (Å²) in [6.07, 6.45) is 1.17. The van der Waals surface area contributed by atoms with Crippen molar-refractivity contribution in [3.05, 3.63) is 55.9 Å². The third kappa shape index (κ3) is 4.34. The van der Waals surface area contributed by atoms with E-state index in [0.717, 1.165) is 10.5 Å². The van der Waals surface area contributed by atoms with Crippen molar-refractivity contribution in [1.82, 2.24) is 4.98 Å². The van der Waals surface area contributed by atoms with Crippen molar-refractivity contribution in [2.75, 3.05) is 0 Å². The molecular weight excluding hydrogens is 480 g/mol. The van der Waals surface area contributed by atoms with Crippen LogP contribution in [0.4, 0.5) is 8.28 Å². The van der Waals surface area contributed by atoms with E-state index in [0.29, 0.717) is 39.0 Å². The Labute approximate surface area is 175 Å². The first kappa shape index (κ1) is 20.6. The third-order valence-electron chi connectivity index (χ3n) is 4.03. The summed E-state index contributed by atoms with van der Waals surface area (Å²) in [4.78, 5) is 28.3. The molecule has 0 unspecified atom stereocenters. The highest BCUT2D eigenvalue weighted by atomic mass is 79.9. The van der Waals surface area contributed by atoms with Crippen LogP contribution in [0.15, 0.2) is 32.9 Å². The van der Waals surface area contributed by atoms with Crippen molar-refractivity contribution in [3.63, 3.8) is 0 Å². The number of carbonyl (C=O) groups excluding carboxylic acids is 1. The Morgan fingerprint density at radius 1 is 1.33 bits per heavy atom. The van der Waals surface area contributed by atoms with E-state index in [1.165, 1.54) is 30.8 Å². The molecule has 3 rings (SSSR count). The van der Waals surface area contributed by atoms with Crippen LogP contribution >= 0.6 is 51.4 Å². The maximum atomic E-state index is 13.6. The van der Waals surface area contributed by atoms with E-state index in [9.17, 15) is 17.9 Å². The minimum Gasteiger partial charge on any atom is -0.348 e. The minimum atomic E-state index is -0.545. The number of hydrogen-bond acceptors (Lipinski definition) is 4. The van der Waals surface area contributed by atoms with Crippen LogP contribution in [0.3, 0.4) is 0 Å². The number of hydrogen-bond donors (Lipinski definition) is 1. The van der Waals surface area contributed by atoms with Gasteiger partial charge in [0.2, 0.25) is 5.43 Å². The first-order valence-corrected chi connectivity index (χ1v) is 10.7. The number of halogens is 4. The van der Waals surface area contributed by atoms with Gasteiger partial charge >= 0.3 is 0 Å². The maximum absolute atomic E-state index is 13.6. The average molecular weight is 493 g/mol. The highest BCUT2D eigenvalue weighted by Gasteiger charge is 2.20. The van der Waals surface area contributed by atoms with Crippen molar-refractivity contribution in [2.45, 2.75) is 35.4 Å². The van der Waals surface area contributed by atoms with Crippen LogP contribution < -0.4 is 16.0 Å². The fourth-order valence-electron chi connectivity index (χ4n) is 2.84. The number of aromatic nitrogens is 1. The minimum absolute atomic E-state index is 0.0237. The molecule has 1 aromatic carbocycles. The Hall–Kier alpha value is -1.09. The first-order chi connectivity index (χ1) is 12.8. The highest BCUT2D eigenvalue weighted by molar-refractivity contribution is 9.14. The van der Waals surface area contributed by atoms with Gasteiger partial charge in [0.25, 0.3) is 0 Å². The molecule has 27 heavy (non-hydrogen) atoms. The summed E-state index contributed by atoms with van der Waals surface area (Å²) in [5, 5.41) is 1.67. The Morgan fingerprint density at radius 3 is 2.74 bits per heavy atom. The monoisotopic (exact) mass is 491 g/mol. The van der Waals surface area contributed by atoms with Crippen LogP contribution in [-0.2, 0) is 5.75 Å². The lowest BCUT2D eigenvalue weighted by Crippen LogP contribution is -2.47. The van der Waals surface area contributed by atoms with Crippen LogP contribution in [0.1, 0.15) is 35.7 Å². The quantitative estimate of drug-likeness (QED) is 0.488. The van der Waals surface area contributed by atoms with Gasteiger partial charge in [-0.3, -0.25) is 9.59 Å². The van der Waals surface area contributed by atoms with Crippen molar-refractivity contribution in [3.8, 4) is 0 Å². The van der Waals surface area contributed by atoms with Crippen molar-refractivity contribution < 1.29 is 13.1 Å². The number of carbonyl (C=O) groups is 1. The summed E-state index contributed by atoms with van der Waals surface area (Å²) in [6, 6.07) is 3.92. The number of fused-ring (bicyclic) bond motifs is 1. The van der Waals surface area contributed by atoms with E-state index >= 15 is 0 Å². The number of pyridine rings is 1. The number of thioether (sulfide) groups is 1. The molecule has 0 saturated heterocycles. The second kappa shape index (κ2) is 8.51. The lowest BCUT2D eigenvalue weighted by molar-refractivity contribution is 0.101. The molecular formula is C18H13BrClF2NO2S2. The van der Waals surface area contributed by atoms with Gasteiger partial charge in [-0.05, 0) is 43.5 Å². The highest BCUT2D eigenvalue weighted by Crippen LogP contribution is 2.27. The molecule has 1 aliphatic rings. The molecule has 1 N–H and O–H groups in total. The predicted octanol–water partition coefficient (Wildman–Crippen LogP) is 4.63. The molecule has 0 saturated carbocycles. The Kier molecular flexibility index (Phi) is 6.50. The molecule has 142 valence electrons. The van der Waals surface area contributed by atoms with Gasteiger partial charge in [0.15, 0.2) is 5.78 Å². The zero-order valence-corrected chi connectivity index (χ0v) is 18.0.